The second kappa shape index (κ2) is 6.79. The van der Waals surface area contributed by atoms with Crippen molar-refractivity contribution in [1.29, 1.82) is 0 Å². The Hall–Kier alpha value is -0.620. The first-order valence-corrected chi connectivity index (χ1v) is 6.55. The Balaban J connectivity index is 3.93. The molecule has 0 radical (unpaired) electrons. The molecule has 0 aromatic rings. The fourth-order valence-corrected chi connectivity index (χ4v) is 2.34. The summed E-state index contributed by atoms with van der Waals surface area (Å²) < 4.78 is 28.7. The van der Waals surface area contributed by atoms with Crippen molar-refractivity contribution in [3.05, 3.63) is 0 Å². The van der Waals surface area contributed by atoms with Gasteiger partial charge in [-0.3, -0.25) is 4.79 Å². The molecule has 0 N–H and O–H groups in total. The van der Waals surface area contributed by atoms with Crippen LogP contribution in [-0.2, 0) is 19.6 Å². The third kappa shape index (κ3) is 5.74. The number of hydrogen-bond acceptors (Lipinski definition) is 4. The summed E-state index contributed by atoms with van der Waals surface area (Å²) in [5.74, 6) is -0.155. The molecule has 0 bridgehead atoms. The predicted octanol–water partition coefficient (Wildman–Crippen LogP) is 0.611. The van der Waals surface area contributed by atoms with Gasteiger partial charge in [0, 0.05) is 20.0 Å². The Morgan fingerprint density at radius 2 is 2.00 bits per heavy atom. The largest absolute Gasteiger partial charge is 0.469 e. The zero-order chi connectivity index (χ0) is 11.9. The standard InChI is InChI=1S/C9H19NO4S/c1-4-8-15(12,13)10(2)7-5-6-9(11)14-3/h4-8H2,1-3H3. The van der Waals surface area contributed by atoms with Crippen molar-refractivity contribution >= 4 is 16.0 Å². The van der Waals surface area contributed by atoms with Crippen LogP contribution in [0.15, 0.2) is 0 Å². The Morgan fingerprint density at radius 3 is 2.47 bits per heavy atom. The van der Waals surface area contributed by atoms with Gasteiger partial charge in [0.1, 0.15) is 0 Å². The third-order valence-electron chi connectivity index (χ3n) is 2.02. The van der Waals surface area contributed by atoms with Crippen LogP contribution in [0, 0.1) is 0 Å². The first kappa shape index (κ1) is 14.4. The van der Waals surface area contributed by atoms with Crippen molar-refractivity contribution in [2.24, 2.45) is 0 Å². The zero-order valence-electron chi connectivity index (χ0n) is 9.52. The van der Waals surface area contributed by atoms with E-state index < -0.39 is 10.0 Å². The molecule has 0 saturated heterocycles. The summed E-state index contributed by atoms with van der Waals surface area (Å²) in [6.07, 6.45) is 1.35. The molecule has 0 aromatic heterocycles. The molecular weight excluding hydrogens is 218 g/mol. The number of nitrogens with zero attached hydrogens (tertiary/aromatic N) is 1. The van der Waals surface area contributed by atoms with Crippen molar-refractivity contribution < 1.29 is 17.9 Å². The smallest absolute Gasteiger partial charge is 0.305 e. The van der Waals surface area contributed by atoms with E-state index in [0.29, 0.717) is 19.4 Å². The first-order valence-electron chi connectivity index (χ1n) is 4.95. The maximum atomic E-state index is 11.5. The third-order valence-corrected chi connectivity index (χ3v) is 4.07. The lowest BCUT2D eigenvalue weighted by atomic mass is 10.3. The minimum Gasteiger partial charge on any atom is -0.469 e. The van der Waals surface area contributed by atoms with Crippen LogP contribution in [-0.4, -0.2) is 45.1 Å². The first-order chi connectivity index (χ1) is 6.94. The lowest BCUT2D eigenvalue weighted by Gasteiger charge is -2.15. The Morgan fingerprint density at radius 1 is 1.40 bits per heavy atom. The number of esters is 1. The zero-order valence-corrected chi connectivity index (χ0v) is 10.3. The van der Waals surface area contributed by atoms with Crippen LogP contribution in [0.25, 0.3) is 0 Å². The van der Waals surface area contributed by atoms with Crippen LogP contribution in [0.3, 0.4) is 0 Å². The van der Waals surface area contributed by atoms with E-state index in [0.717, 1.165) is 0 Å². The maximum Gasteiger partial charge on any atom is 0.305 e. The van der Waals surface area contributed by atoms with Gasteiger partial charge in [-0.05, 0) is 12.8 Å². The lowest BCUT2D eigenvalue weighted by Crippen LogP contribution is -2.30. The van der Waals surface area contributed by atoms with E-state index in [1.54, 1.807) is 0 Å². The quantitative estimate of drug-likeness (QED) is 0.609. The molecule has 0 atom stereocenters. The number of sulfonamides is 1. The van der Waals surface area contributed by atoms with Gasteiger partial charge in [-0.2, -0.15) is 0 Å². The van der Waals surface area contributed by atoms with Crippen molar-refractivity contribution in [3.63, 3.8) is 0 Å². The Bertz CT molecular complexity index is 286. The molecule has 0 saturated carbocycles. The summed E-state index contributed by atoms with van der Waals surface area (Å²) in [7, 11) is -0.284. The second-order valence-corrected chi connectivity index (χ2v) is 5.51. The minimum atomic E-state index is -3.13. The molecule has 0 unspecified atom stereocenters. The van der Waals surface area contributed by atoms with Gasteiger partial charge in [-0.25, -0.2) is 12.7 Å². The fraction of sp³-hybridized carbons (Fsp3) is 0.889. The maximum absolute atomic E-state index is 11.5. The van der Waals surface area contributed by atoms with Gasteiger partial charge in [0.25, 0.3) is 0 Å². The van der Waals surface area contributed by atoms with Gasteiger partial charge in [-0.15, -0.1) is 0 Å². The molecule has 90 valence electrons. The number of carbonyl (C=O) groups is 1. The molecule has 5 nitrogen and oxygen atoms in total. The molecule has 0 amide bonds. The molecule has 6 heteroatoms. The van der Waals surface area contributed by atoms with E-state index in [4.69, 9.17) is 0 Å². The normalized spacial score (nSPS) is 11.7. The van der Waals surface area contributed by atoms with E-state index in [1.165, 1.54) is 18.5 Å². The van der Waals surface area contributed by atoms with Gasteiger partial charge in [0.2, 0.25) is 10.0 Å². The number of methoxy groups -OCH3 is 1. The summed E-state index contributed by atoms with van der Waals surface area (Å²) in [6, 6.07) is 0. The van der Waals surface area contributed by atoms with Gasteiger partial charge < -0.3 is 4.74 Å². The highest BCUT2D eigenvalue weighted by molar-refractivity contribution is 7.89. The second-order valence-electron chi connectivity index (χ2n) is 3.32. The minimum absolute atomic E-state index is 0.154. The highest BCUT2D eigenvalue weighted by atomic mass is 32.2. The van der Waals surface area contributed by atoms with E-state index in [2.05, 4.69) is 4.74 Å². The lowest BCUT2D eigenvalue weighted by molar-refractivity contribution is -0.140. The average Bonchev–Trinajstić information content (AvgIpc) is 2.17. The molecule has 0 rings (SSSR count). The molecule has 15 heavy (non-hydrogen) atoms. The molecule has 0 aliphatic rings. The van der Waals surface area contributed by atoms with Crippen LogP contribution in [0.2, 0.25) is 0 Å². The molecule has 0 spiro atoms. The molecule has 0 fully saturated rings. The van der Waals surface area contributed by atoms with Gasteiger partial charge in [-0.1, -0.05) is 6.92 Å². The van der Waals surface area contributed by atoms with Crippen LogP contribution < -0.4 is 0 Å². The predicted molar refractivity (Wildman–Crippen MR) is 58.0 cm³/mol. The SMILES string of the molecule is CCCS(=O)(=O)N(C)CCCC(=O)OC. The topological polar surface area (TPSA) is 63.7 Å². The number of hydrogen-bond donors (Lipinski definition) is 0. The molecular formula is C9H19NO4S. The molecule has 0 aromatic carbocycles. The molecule has 0 heterocycles. The molecule has 0 aliphatic heterocycles. The van der Waals surface area contributed by atoms with Crippen LogP contribution in [0.1, 0.15) is 26.2 Å². The fourth-order valence-electron chi connectivity index (χ4n) is 1.10. The number of rotatable bonds is 7. The highest BCUT2D eigenvalue weighted by Crippen LogP contribution is 2.03. The van der Waals surface area contributed by atoms with Gasteiger partial charge in [0.15, 0.2) is 0 Å². The van der Waals surface area contributed by atoms with Crippen molar-refractivity contribution in [3.8, 4) is 0 Å². The van der Waals surface area contributed by atoms with Crippen LogP contribution in [0.5, 0.6) is 0 Å². The number of ether oxygens (including phenoxy) is 1. The highest BCUT2D eigenvalue weighted by Gasteiger charge is 2.16. The van der Waals surface area contributed by atoms with Gasteiger partial charge in [0.05, 0.1) is 12.9 Å². The summed E-state index contributed by atoms with van der Waals surface area (Å²) in [4.78, 5) is 10.8. The summed E-state index contributed by atoms with van der Waals surface area (Å²) in [5, 5.41) is 0. The number of carbonyl (C=O) groups excluding carboxylic acids is 1. The van der Waals surface area contributed by atoms with Crippen LogP contribution in [0.4, 0.5) is 0 Å². The van der Waals surface area contributed by atoms with E-state index in [1.807, 2.05) is 6.92 Å². The average molecular weight is 237 g/mol. The Kier molecular flexibility index (Phi) is 6.51. The van der Waals surface area contributed by atoms with Crippen LogP contribution >= 0.6 is 0 Å². The van der Waals surface area contributed by atoms with Crippen molar-refractivity contribution in [2.45, 2.75) is 26.2 Å². The Labute approximate surface area is 91.5 Å². The molecule has 0 aliphatic carbocycles. The van der Waals surface area contributed by atoms with E-state index in [-0.39, 0.29) is 18.1 Å². The summed E-state index contributed by atoms with van der Waals surface area (Å²) >= 11 is 0. The monoisotopic (exact) mass is 237 g/mol. The van der Waals surface area contributed by atoms with E-state index >= 15 is 0 Å². The van der Waals surface area contributed by atoms with Crippen molar-refractivity contribution in [1.82, 2.24) is 4.31 Å². The summed E-state index contributed by atoms with van der Waals surface area (Å²) in [6.45, 7) is 2.18. The van der Waals surface area contributed by atoms with Crippen molar-refractivity contribution in [2.75, 3.05) is 26.5 Å². The summed E-state index contributed by atoms with van der Waals surface area (Å²) in [5.41, 5.74) is 0. The van der Waals surface area contributed by atoms with Gasteiger partial charge >= 0.3 is 5.97 Å². The van der Waals surface area contributed by atoms with E-state index in [9.17, 15) is 13.2 Å².